The molecule has 136 valence electrons. The van der Waals surface area contributed by atoms with Crippen molar-refractivity contribution in [2.45, 2.75) is 38.5 Å². The summed E-state index contributed by atoms with van der Waals surface area (Å²) < 4.78 is 10.7. The highest BCUT2D eigenvalue weighted by molar-refractivity contribution is 5.89. The molecule has 0 radical (unpaired) electrons. The Hall–Kier alpha value is -2.48. The number of hydrogen-bond acceptors (Lipinski definition) is 2. The van der Waals surface area contributed by atoms with E-state index < -0.39 is 0 Å². The number of rotatable bonds is 3. The maximum Gasteiger partial charge on any atom is 0.129 e. The lowest BCUT2D eigenvalue weighted by molar-refractivity contribution is 0.405. The zero-order valence-corrected chi connectivity index (χ0v) is 16.0. The van der Waals surface area contributed by atoms with Gasteiger partial charge in [-0.25, -0.2) is 0 Å². The van der Waals surface area contributed by atoms with Gasteiger partial charge in [-0.15, -0.1) is 0 Å². The van der Waals surface area contributed by atoms with E-state index in [0.717, 1.165) is 17.4 Å². The molecular formula is C24H28O2. The van der Waals surface area contributed by atoms with Crippen LogP contribution in [0.3, 0.4) is 0 Å². The minimum Gasteiger partial charge on any atom is -0.496 e. The first kappa shape index (κ1) is 18.3. The molecule has 4 rings (SSSR count). The van der Waals surface area contributed by atoms with Gasteiger partial charge in [-0.3, -0.25) is 0 Å². The van der Waals surface area contributed by atoms with Crippen LogP contribution >= 0.6 is 0 Å². The third-order valence-electron chi connectivity index (χ3n) is 5.21. The fourth-order valence-corrected chi connectivity index (χ4v) is 3.86. The third kappa shape index (κ3) is 4.01. The quantitative estimate of drug-likeness (QED) is 0.537. The molecule has 0 unspecified atom stereocenters. The Morgan fingerprint density at radius 1 is 0.769 bits per heavy atom. The summed E-state index contributed by atoms with van der Waals surface area (Å²) in [4.78, 5) is 0. The van der Waals surface area contributed by atoms with E-state index in [4.69, 9.17) is 9.47 Å². The van der Waals surface area contributed by atoms with E-state index >= 15 is 0 Å². The Morgan fingerprint density at radius 3 is 2.19 bits per heavy atom. The standard InChI is InChI=1S/C12H12O.C12H16O/c1-9-7-8-10-5-3-4-6-11(10)12(9)13-2;1-13-12-9-5-4-8-11(12)10-6-2-3-7-10/h3-8H,1-2H3;4-5,8-10H,2-3,6-7H2,1H3. The third-order valence-corrected chi connectivity index (χ3v) is 5.21. The SMILES string of the molecule is COc1c(C)ccc2ccccc12.COc1ccccc1C1CCCC1. The predicted octanol–water partition coefficient (Wildman–Crippen LogP) is 6.51. The molecule has 0 aromatic heterocycles. The van der Waals surface area contributed by atoms with Gasteiger partial charge in [0.15, 0.2) is 0 Å². The first-order chi connectivity index (χ1) is 12.7. The van der Waals surface area contributed by atoms with Gasteiger partial charge < -0.3 is 9.47 Å². The van der Waals surface area contributed by atoms with Gasteiger partial charge in [0.1, 0.15) is 11.5 Å². The molecule has 2 heteroatoms. The van der Waals surface area contributed by atoms with Gasteiger partial charge in [0, 0.05) is 5.39 Å². The molecule has 3 aromatic carbocycles. The summed E-state index contributed by atoms with van der Waals surface area (Å²) >= 11 is 0. The van der Waals surface area contributed by atoms with E-state index in [1.165, 1.54) is 47.6 Å². The first-order valence-corrected chi connectivity index (χ1v) is 9.40. The molecule has 0 bridgehead atoms. The minimum absolute atomic E-state index is 0.746. The molecule has 0 saturated heterocycles. The number of aryl methyl sites for hydroxylation is 1. The highest BCUT2D eigenvalue weighted by atomic mass is 16.5. The molecule has 1 fully saturated rings. The monoisotopic (exact) mass is 348 g/mol. The maximum absolute atomic E-state index is 5.36. The summed E-state index contributed by atoms with van der Waals surface area (Å²) in [5, 5.41) is 2.41. The lowest BCUT2D eigenvalue weighted by Crippen LogP contribution is -1.96. The topological polar surface area (TPSA) is 18.5 Å². The molecule has 0 N–H and O–H groups in total. The van der Waals surface area contributed by atoms with Gasteiger partial charge in [0.2, 0.25) is 0 Å². The van der Waals surface area contributed by atoms with Crippen molar-refractivity contribution in [1.29, 1.82) is 0 Å². The average molecular weight is 348 g/mol. The van der Waals surface area contributed by atoms with Crippen molar-refractivity contribution in [2.75, 3.05) is 14.2 Å². The fraction of sp³-hybridized carbons (Fsp3) is 0.333. The zero-order chi connectivity index (χ0) is 18.4. The van der Waals surface area contributed by atoms with Crippen molar-refractivity contribution in [1.82, 2.24) is 0 Å². The molecule has 0 aliphatic heterocycles. The second-order valence-corrected chi connectivity index (χ2v) is 6.86. The van der Waals surface area contributed by atoms with Crippen LogP contribution < -0.4 is 9.47 Å². The van der Waals surface area contributed by atoms with Crippen LogP contribution in [0.5, 0.6) is 11.5 Å². The van der Waals surface area contributed by atoms with E-state index in [0.29, 0.717) is 0 Å². The molecule has 0 atom stereocenters. The Labute approximate surface area is 156 Å². The smallest absolute Gasteiger partial charge is 0.129 e. The zero-order valence-electron chi connectivity index (χ0n) is 16.0. The highest BCUT2D eigenvalue weighted by Crippen LogP contribution is 2.38. The molecule has 0 amide bonds. The second-order valence-electron chi connectivity index (χ2n) is 6.86. The van der Waals surface area contributed by atoms with E-state index in [9.17, 15) is 0 Å². The summed E-state index contributed by atoms with van der Waals surface area (Å²) in [7, 11) is 3.47. The molecule has 3 aromatic rings. The summed E-state index contributed by atoms with van der Waals surface area (Å²) in [5.41, 5.74) is 2.59. The Bertz CT molecular complexity index is 848. The maximum atomic E-state index is 5.36. The van der Waals surface area contributed by atoms with Crippen LogP contribution in [-0.2, 0) is 0 Å². The largest absolute Gasteiger partial charge is 0.496 e. The Morgan fingerprint density at radius 2 is 1.46 bits per heavy atom. The molecule has 0 spiro atoms. The lowest BCUT2D eigenvalue weighted by atomic mass is 9.97. The van der Waals surface area contributed by atoms with E-state index in [2.05, 4.69) is 49.4 Å². The number of benzene rings is 3. The average Bonchev–Trinajstić information content (AvgIpc) is 3.23. The molecule has 26 heavy (non-hydrogen) atoms. The van der Waals surface area contributed by atoms with E-state index in [1.54, 1.807) is 14.2 Å². The van der Waals surface area contributed by atoms with Crippen LogP contribution in [0.15, 0.2) is 60.7 Å². The van der Waals surface area contributed by atoms with Crippen molar-refractivity contribution in [3.63, 3.8) is 0 Å². The highest BCUT2D eigenvalue weighted by Gasteiger charge is 2.19. The van der Waals surface area contributed by atoms with Gasteiger partial charge in [-0.2, -0.15) is 0 Å². The molecule has 1 aliphatic rings. The van der Waals surface area contributed by atoms with Crippen LogP contribution in [0, 0.1) is 6.92 Å². The first-order valence-electron chi connectivity index (χ1n) is 9.40. The second kappa shape index (κ2) is 8.75. The van der Waals surface area contributed by atoms with E-state index in [1.807, 2.05) is 18.2 Å². The lowest BCUT2D eigenvalue weighted by Gasteiger charge is -2.13. The molecule has 0 heterocycles. The predicted molar refractivity (Wildman–Crippen MR) is 109 cm³/mol. The van der Waals surface area contributed by atoms with Crippen LogP contribution in [0.2, 0.25) is 0 Å². The van der Waals surface area contributed by atoms with Crippen LogP contribution in [0.25, 0.3) is 10.8 Å². The number of ether oxygens (including phenoxy) is 2. The van der Waals surface area contributed by atoms with Crippen LogP contribution in [-0.4, -0.2) is 14.2 Å². The van der Waals surface area contributed by atoms with E-state index in [-0.39, 0.29) is 0 Å². The number of fused-ring (bicyclic) bond motifs is 1. The Kier molecular flexibility index (Phi) is 6.17. The van der Waals surface area contributed by atoms with Crippen molar-refractivity contribution in [3.05, 3.63) is 71.8 Å². The van der Waals surface area contributed by atoms with Gasteiger partial charge in [-0.1, -0.05) is 67.4 Å². The summed E-state index contributed by atoms with van der Waals surface area (Å²) in [5.74, 6) is 2.80. The minimum atomic E-state index is 0.746. The molecule has 1 saturated carbocycles. The van der Waals surface area contributed by atoms with Crippen molar-refractivity contribution < 1.29 is 9.47 Å². The fourth-order valence-electron chi connectivity index (χ4n) is 3.86. The van der Waals surface area contributed by atoms with Gasteiger partial charge in [0.25, 0.3) is 0 Å². The summed E-state index contributed by atoms with van der Waals surface area (Å²) in [6, 6.07) is 20.9. The summed E-state index contributed by atoms with van der Waals surface area (Å²) in [6.45, 7) is 2.06. The Balaban J connectivity index is 0.000000151. The van der Waals surface area contributed by atoms with Crippen molar-refractivity contribution in [2.24, 2.45) is 0 Å². The summed E-state index contributed by atoms with van der Waals surface area (Å²) in [6.07, 6.45) is 5.42. The van der Waals surface area contributed by atoms with Crippen LogP contribution in [0.1, 0.15) is 42.7 Å². The molecular weight excluding hydrogens is 320 g/mol. The van der Waals surface area contributed by atoms with Crippen molar-refractivity contribution >= 4 is 10.8 Å². The van der Waals surface area contributed by atoms with Crippen molar-refractivity contribution in [3.8, 4) is 11.5 Å². The number of methoxy groups -OCH3 is 2. The van der Waals surface area contributed by atoms with Crippen LogP contribution in [0.4, 0.5) is 0 Å². The molecule has 2 nitrogen and oxygen atoms in total. The molecule has 1 aliphatic carbocycles. The number of para-hydroxylation sites is 1. The number of hydrogen-bond donors (Lipinski definition) is 0. The van der Waals surface area contributed by atoms with Gasteiger partial charge in [-0.05, 0) is 48.3 Å². The normalized spacial score (nSPS) is 14.0. The van der Waals surface area contributed by atoms with Gasteiger partial charge >= 0.3 is 0 Å². The van der Waals surface area contributed by atoms with Gasteiger partial charge in [0.05, 0.1) is 14.2 Å².